The van der Waals surface area contributed by atoms with Crippen molar-refractivity contribution in [3.05, 3.63) is 32.6 Å². The van der Waals surface area contributed by atoms with Gasteiger partial charge in [0, 0.05) is 35.0 Å². The molecule has 0 saturated heterocycles. The van der Waals surface area contributed by atoms with Crippen molar-refractivity contribution in [1.29, 1.82) is 0 Å². The molecule has 2 aromatic heterocycles. The summed E-state index contributed by atoms with van der Waals surface area (Å²) in [6, 6.07) is 0. The maximum absolute atomic E-state index is 12.8. The lowest BCUT2D eigenvalue weighted by Crippen LogP contribution is -2.39. The normalized spacial score (nSPS) is 20.6. The number of aromatic nitrogens is 3. The van der Waals surface area contributed by atoms with Gasteiger partial charge in [-0.3, -0.25) is 13.9 Å². The summed E-state index contributed by atoms with van der Waals surface area (Å²) < 4.78 is 54.8. The van der Waals surface area contributed by atoms with Crippen LogP contribution in [-0.2, 0) is 20.6 Å². The Morgan fingerprint density at radius 2 is 2.19 bits per heavy atom. The minimum Gasteiger partial charge on any atom is -0.393 e. The Morgan fingerprint density at radius 3 is 2.86 bits per heavy atom. The highest BCUT2D eigenvalue weighted by Gasteiger charge is 2.15. The van der Waals surface area contributed by atoms with Crippen molar-refractivity contribution in [2.24, 2.45) is 14.0 Å². The van der Waals surface area contributed by atoms with Gasteiger partial charge < -0.3 is 9.67 Å². The monoisotopic (exact) mass is 300 g/mol. The lowest BCUT2D eigenvalue weighted by molar-refractivity contribution is 0.180. The third kappa shape index (κ3) is 2.81. The van der Waals surface area contributed by atoms with Gasteiger partial charge in [-0.05, 0) is 38.6 Å². The molecule has 1 atom stereocenters. The molecular weight excluding hydrogens is 270 g/mol. The molecule has 6 heteroatoms. The third-order valence-electron chi connectivity index (χ3n) is 3.48. The maximum atomic E-state index is 12.8. The van der Waals surface area contributed by atoms with Crippen LogP contribution in [0.5, 0.6) is 0 Å². The summed E-state index contributed by atoms with van der Waals surface area (Å²) in [5.74, 6) is 0. The van der Waals surface area contributed by atoms with E-state index < -0.39 is 31.2 Å². The number of nitrogens with zero attached hydrogens (tertiary/aromatic N) is 3. The summed E-state index contributed by atoms with van der Waals surface area (Å²) >= 11 is 0. The van der Waals surface area contributed by atoms with E-state index in [1.54, 1.807) is 20.2 Å². The molecule has 2 heterocycles. The molecule has 0 aliphatic carbocycles. The van der Waals surface area contributed by atoms with Gasteiger partial charge in [0.05, 0.1) is 12.8 Å². The van der Waals surface area contributed by atoms with Gasteiger partial charge in [0.2, 0.25) is 0 Å². The Bertz CT molecular complexity index is 996. The topological polar surface area (TPSA) is 69.2 Å². The second-order valence-electron chi connectivity index (χ2n) is 5.10. The predicted molar refractivity (Wildman–Crippen MR) is 82.7 cm³/mol. The summed E-state index contributed by atoms with van der Waals surface area (Å²) in [5, 5.41) is 9.80. The van der Waals surface area contributed by atoms with Gasteiger partial charge in [-0.2, -0.15) is 0 Å². The van der Waals surface area contributed by atoms with Crippen LogP contribution in [0.4, 0.5) is 0 Å². The molecule has 21 heavy (non-hydrogen) atoms. The number of rotatable bonds is 5. The first-order chi connectivity index (χ1) is 12.6. The smallest absolute Gasteiger partial charge is 0.332 e. The van der Waals surface area contributed by atoms with E-state index in [9.17, 15) is 14.7 Å². The molecule has 0 fully saturated rings. The fourth-order valence-corrected chi connectivity index (χ4v) is 2.50. The first kappa shape index (κ1) is 8.58. The molecule has 0 saturated carbocycles. The Labute approximate surface area is 133 Å². The zero-order valence-electron chi connectivity index (χ0n) is 19.0. The predicted octanol–water partition coefficient (Wildman–Crippen LogP) is 0.898. The van der Waals surface area contributed by atoms with Gasteiger partial charge in [-0.1, -0.05) is 0 Å². The van der Waals surface area contributed by atoms with E-state index in [0.29, 0.717) is 10.1 Å². The van der Waals surface area contributed by atoms with Crippen LogP contribution >= 0.6 is 0 Å². The van der Waals surface area contributed by atoms with Crippen LogP contribution in [-0.4, -0.2) is 24.9 Å². The van der Waals surface area contributed by atoms with E-state index in [1.165, 1.54) is 4.57 Å². The van der Waals surface area contributed by atoms with E-state index in [-0.39, 0.29) is 36.8 Å². The summed E-state index contributed by atoms with van der Waals surface area (Å²) in [6.07, 6.45) is -1.27. The Balaban J connectivity index is 2.43. The Morgan fingerprint density at radius 1 is 1.43 bits per heavy atom. The van der Waals surface area contributed by atoms with Crippen molar-refractivity contribution in [2.45, 2.75) is 45.7 Å². The summed E-state index contributed by atoms with van der Waals surface area (Å²) in [6.45, 7) is -4.20. The van der Waals surface area contributed by atoms with Crippen molar-refractivity contribution < 1.29 is 14.7 Å². The fraction of sp³-hybridized carbons (Fsp3) is 0.600. The maximum Gasteiger partial charge on any atom is 0.332 e. The van der Waals surface area contributed by atoms with Gasteiger partial charge in [0.15, 0.2) is 0 Å². The highest BCUT2D eigenvalue weighted by Crippen LogP contribution is 2.14. The van der Waals surface area contributed by atoms with E-state index >= 15 is 0 Å². The minimum absolute atomic E-state index is 0.00619. The van der Waals surface area contributed by atoms with E-state index in [2.05, 4.69) is 0 Å². The van der Waals surface area contributed by atoms with Gasteiger partial charge in [-0.15, -0.1) is 0 Å². The first-order valence-corrected chi connectivity index (χ1v) is 6.64. The molecule has 0 spiro atoms. The molecule has 0 bridgehead atoms. The molecule has 6 nitrogen and oxygen atoms in total. The second kappa shape index (κ2) is 5.89. The van der Waals surface area contributed by atoms with Crippen molar-refractivity contribution in [3.8, 4) is 0 Å². The number of unbranched alkanes of at least 4 members (excludes halogenated alkanes) is 1. The molecule has 0 aliphatic heterocycles. The van der Waals surface area contributed by atoms with Crippen LogP contribution in [0.3, 0.4) is 0 Å². The Kier molecular flexibility index (Phi) is 2.41. The average molecular weight is 300 g/mol. The number of hydrogen-bond donors (Lipinski definition) is 1. The van der Waals surface area contributed by atoms with Crippen molar-refractivity contribution in [1.82, 2.24) is 13.7 Å². The summed E-state index contributed by atoms with van der Waals surface area (Å²) in [5.41, 5.74) is -1.09. The van der Waals surface area contributed by atoms with Crippen LogP contribution in [0, 0.1) is 6.92 Å². The molecule has 0 aromatic carbocycles. The van der Waals surface area contributed by atoms with Crippen LogP contribution < -0.4 is 11.2 Å². The zero-order valence-corrected chi connectivity index (χ0v) is 12.0. The highest BCUT2D eigenvalue weighted by molar-refractivity contribution is 5.79. The lowest BCUT2D eigenvalue weighted by atomic mass is 10.2. The molecule has 2 rings (SSSR count). The molecule has 0 amide bonds. The van der Waals surface area contributed by atoms with E-state index in [4.69, 9.17) is 9.60 Å². The van der Waals surface area contributed by atoms with Crippen molar-refractivity contribution >= 4 is 11.0 Å². The largest absolute Gasteiger partial charge is 0.393 e. The molecule has 2 aromatic rings. The second-order valence-corrected chi connectivity index (χ2v) is 5.10. The summed E-state index contributed by atoms with van der Waals surface area (Å²) in [7, 11) is 1.55. The molecule has 0 aliphatic rings. The van der Waals surface area contributed by atoms with Gasteiger partial charge >= 0.3 is 5.69 Å². The van der Waals surface area contributed by atoms with Crippen molar-refractivity contribution in [3.63, 3.8) is 0 Å². The van der Waals surface area contributed by atoms with Gasteiger partial charge in [-0.25, -0.2) is 4.79 Å². The lowest BCUT2D eigenvalue weighted by Gasteiger charge is -2.10. The molecule has 0 radical (unpaired) electrons. The third-order valence-corrected chi connectivity index (χ3v) is 3.48. The van der Waals surface area contributed by atoms with Crippen LogP contribution in [0.25, 0.3) is 11.0 Å². The number of fused-ring (bicyclic) bond motifs is 1. The van der Waals surface area contributed by atoms with Crippen LogP contribution in [0.2, 0.25) is 0 Å². The number of aliphatic hydroxyl groups is 1. The number of aryl methyl sites for hydroxylation is 3. The van der Waals surface area contributed by atoms with Crippen molar-refractivity contribution in [2.75, 3.05) is 0 Å². The minimum atomic E-state index is -2.88. The SMILES string of the molecule is [2H]C([2H])([2H])n1c(=O)n(CCCCC([2H])(O)C([2H])([2H])[2H])c(=O)c2c(C)cn(C)c21. The zero-order chi connectivity index (χ0) is 21.7. The first-order valence-electron chi connectivity index (χ1n) is 10.1. The van der Waals surface area contributed by atoms with Gasteiger partial charge in [0.25, 0.3) is 5.56 Å². The standard InChI is InChI=1S/C15H23N3O3/c1-10-9-16(3)13-12(10)14(20)18(15(21)17(13)4)8-6-5-7-11(2)19/h9,11,19H,5-8H2,1-4H3/i2D3,4D3,11D. The van der Waals surface area contributed by atoms with E-state index in [0.717, 1.165) is 4.57 Å². The molecular formula is C15H23N3O3. The van der Waals surface area contributed by atoms with Crippen LogP contribution in [0.1, 0.15) is 41.3 Å². The van der Waals surface area contributed by atoms with E-state index in [1.807, 2.05) is 0 Å². The Hall–Kier alpha value is -1.82. The quantitative estimate of drug-likeness (QED) is 0.834. The fourth-order valence-electron chi connectivity index (χ4n) is 2.50. The summed E-state index contributed by atoms with van der Waals surface area (Å²) in [4.78, 5) is 25.5. The molecule has 1 unspecified atom stereocenters. The molecule has 116 valence electrons. The number of hydrogen-bond acceptors (Lipinski definition) is 3. The molecule has 1 N–H and O–H groups in total. The van der Waals surface area contributed by atoms with Gasteiger partial charge in [0.1, 0.15) is 5.65 Å². The average Bonchev–Trinajstić information content (AvgIpc) is 2.78. The highest BCUT2D eigenvalue weighted by atomic mass is 16.3. The van der Waals surface area contributed by atoms with Crippen LogP contribution in [0.15, 0.2) is 15.8 Å².